The summed E-state index contributed by atoms with van der Waals surface area (Å²) >= 11 is 7.73. The number of benzene rings is 8. The Bertz CT molecular complexity index is 3170. The molecule has 0 bridgehead atoms. The lowest BCUT2D eigenvalue weighted by Gasteiger charge is -2.10. The summed E-state index contributed by atoms with van der Waals surface area (Å²) in [5.74, 6) is 0. The Labute approximate surface area is 304 Å². The first-order chi connectivity index (χ1) is 24.7. The van der Waals surface area contributed by atoms with Crippen molar-refractivity contribution in [3.05, 3.63) is 162 Å². The quantitative estimate of drug-likeness (QED) is 0.170. The van der Waals surface area contributed by atoms with Gasteiger partial charge >= 0.3 is 0 Å². The molecule has 1 nitrogen and oxygen atoms in total. The Morgan fingerprint density at radius 2 is 1.12 bits per heavy atom. The van der Waals surface area contributed by atoms with Gasteiger partial charge in [-0.15, -0.1) is 22.7 Å². The lowest BCUT2D eigenvalue weighted by molar-refractivity contribution is 1.19. The second kappa shape index (κ2) is 10.9. The Morgan fingerprint density at radius 3 is 2.00 bits per heavy atom. The lowest BCUT2D eigenvalue weighted by atomic mass is 10.0. The van der Waals surface area contributed by atoms with E-state index in [0.717, 1.165) is 0 Å². The predicted molar refractivity (Wildman–Crippen MR) is 223 cm³/mol. The molecule has 0 N–H and O–H groups in total. The summed E-state index contributed by atoms with van der Waals surface area (Å²) in [6.45, 7) is 0. The number of nitrogens with zero attached hydrogens (tertiary/aromatic N) is 1. The maximum atomic E-state index is 4.00. The van der Waals surface area contributed by atoms with E-state index in [1.165, 1.54) is 105 Å². The van der Waals surface area contributed by atoms with E-state index in [0.29, 0.717) is 0 Å². The SMILES string of the molecule is Brc1c(-c2cccc3ccccc23)sc2cc(-c3ccc4c5c6ccccc6ccc5n(-c5ccc6sc7ccccc7c6c5)c4c3)ccc12. The van der Waals surface area contributed by atoms with Crippen LogP contribution >= 0.6 is 38.6 Å². The molecule has 0 radical (unpaired) electrons. The molecule has 0 saturated carbocycles. The van der Waals surface area contributed by atoms with E-state index in [2.05, 4.69) is 178 Å². The van der Waals surface area contributed by atoms with Crippen molar-refractivity contribution in [2.45, 2.75) is 0 Å². The van der Waals surface area contributed by atoms with Gasteiger partial charge in [0.15, 0.2) is 0 Å². The minimum absolute atomic E-state index is 1.17. The minimum atomic E-state index is 1.17. The van der Waals surface area contributed by atoms with Gasteiger partial charge < -0.3 is 4.57 Å². The zero-order valence-electron chi connectivity index (χ0n) is 26.7. The third-order valence-corrected chi connectivity index (χ3v) is 13.7. The summed E-state index contributed by atoms with van der Waals surface area (Å²) in [5, 5.41) is 11.5. The van der Waals surface area contributed by atoms with Crippen molar-refractivity contribution >= 4 is 112 Å². The molecule has 0 aliphatic carbocycles. The number of hydrogen-bond acceptors (Lipinski definition) is 2. The number of rotatable bonds is 3. The van der Waals surface area contributed by atoms with Crippen molar-refractivity contribution in [3.8, 4) is 27.3 Å². The van der Waals surface area contributed by atoms with Gasteiger partial charge in [-0.05, 0) is 91.1 Å². The molecule has 11 rings (SSSR count). The maximum Gasteiger partial charge on any atom is 0.0547 e. The van der Waals surface area contributed by atoms with Crippen LogP contribution in [0.3, 0.4) is 0 Å². The Balaban J connectivity index is 1.14. The molecule has 0 atom stereocenters. The van der Waals surface area contributed by atoms with Gasteiger partial charge in [-0.25, -0.2) is 0 Å². The zero-order chi connectivity index (χ0) is 32.9. The van der Waals surface area contributed by atoms with Gasteiger partial charge in [-0.3, -0.25) is 0 Å². The van der Waals surface area contributed by atoms with Crippen molar-refractivity contribution in [1.29, 1.82) is 0 Å². The molecule has 3 aromatic heterocycles. The number of hydrogen-bond donors (Lipinski definition) is 0. The molecule has 11 aromatic rings. The number of halogens is 1. The molecule has 234 valence electrons. The first kappa shape index (κ1) is 28.6. The van der Waals surface area contributed by atoms with Gasteiger partial charge in [0.1, 0.15) is 0 Å². The first-order valence-corrected chi connectivity index (χ1v) is 19.2. The molecule has 0 fully saturated rings. The van der Waals surface area contributed by atoms with Crippen LogP contribution in [0.25, 0.3) is 101 Å². The van der Waals surface area contributed by atoms with Gasteiger partial charge in [-0.2, -0.15) is 0 Å². The highest BCUT2D eigenvalue weighted by Crippen LogP contribution is 2.46. The molecule has 50 heavy (non-hydrogen) atoms. The van der Waals surface area contributed by atoms with Gasteiger partial charge in [0.2, 0.25) is 0 Å². The van der Waals surface area contributed by atoms with Crippen LogP contribution in [-0.4, -0.2) is 4.57 Å². The van der Waals surface area contributed by atoms with E-state index in [-0.39, 0.29) is 0 Å². The topological polar surface area (TPSA) is 4.93 Å². The zero-order valence-corrected chi connectivity index (χ0v) is 29.9. The van der Waals surface area contributed by atoms with E-state index in [9.17, 15) is 0 Å². The Kier molecular flexibility index (Phi) is 6.21. The van der Waals surface area contributed by atoms with Crippen LogP contribution in [-0.2, 0) is 0 Å². The molecule has 0 unspecified atom stereocenters. The highest BCUT2D eigenvalue weighted by molar-refractivity contribution is 9.10. The number of fused-ring (bicyclic) bond motifs is 10. The van der Waals surface area contributed by atoms with Crippen LogP contribution in [0.4, 0.5) is 0 Å². The van der Waals surface area contributed by atoms with E-state index in [1.807, 2.05) is 22.7 Å². The van der Waals surface area contributed by atoms with Crippen LogP contribution in [0.2, 0.25) is 0 Å². The average Bonchev–Trinajstić information content (AvgIpc) is 3.82. The standard InChI is InChI=1S/C46H26BrNS2/c47-45-37-21-17-30(25-43(37)50-46(45)35-14-7-10-27-8-1-3-11-32(27)35)29-16-20-36-40(24-29)48(39-22-18-28-9-2-4-12-33(28)44(36)39)31-19-23-42-38(26-31)34-13-5-6-15-41(34)49-42/h1-26H. The predicted octanol–water partition coefficient (Wildman–Crippen LogP) is 14.8. The van der Waals surface area contributed by atoms with E-state index in [4.69, 9.17) is 0 Å². The monoisotopic (exact) mass is 735 g/mol. The molecule has 0 amide bonds. The normalized spacial score (nSPS) is 12.1. The van der Waals surface area contributed by atoms with Crippen LogP contribution < -0.4 is 0 Å². The van der Waals surface area contributed by atoms with Crippen molar-refractivity contribution < 1.29 is 0 Å². The van der Waals surface area contributed by atoms with Crippen LogP contribution in [0.15, 0.2) is 162 Å². The average molecular weight is 737 g/mol. The largest absolute Gasteiger partial charge is 0.309 e. The smallest absolute Gasteiger partial charge is 0.0547 e. The van der Waals surface area contributed by atoms with Crippen LogP contribution in [0, 0.1) is 0 Å². The fourth-order valence-corrected chi connectivity index (χ4v) is 11.1. The highest BCUT2D eigenvalue weighted by Gasteiger charge is 2.19. The maximum absolute atomic E-state index is 4.00. The molecular weight excluding hydrogens is 711 g/mol. The van der Waals surface area contributed by atoms with Crippen LogP contribution in [0.1, 0.15) is 0 Å². The van der Waals surface area contributed by atoms with Gasteiger partial charge in [0, 0.05) is 56.8 Å². The van der Waals surface area contributed by atoms with E-state index in [1.54, 1.807) is 0 Å². The van der Waals surface area contributed by atoms with Gasteiger partial charge in [-0.1, -0.05) is 115 Å². The third kappa shape index (κ3) is 4.16. The molecule has 0 spiro atoms. The summed E-state index contributed by atoms with van der Waals surface area (Å²) in [4.78, 5) is 1.27. The number of aromatic nitrogens is 1. The van der Waals surface area contributed by atoms with Crippen molar-refractivity contribution in [2.24, 2.45) is 0 Å². The fourth-order valence-electron chi connectivity index (χ4n) is 7.94. The highest BCUT2D eigenvalue weighted by atomic mass is 79.9. The second-order valence-corrected chi connectivity index (χ2v) is 15.9. The molecule has 0 aliphatic heterocycles. The van der Waals surface area contributed by atoms with Crippen LogP contribution in [0.5, 0.6) is 0 Å². The van der Waals surface area contributed by atoms with Gasteiger partial charge in [0.25, 0.3) is 0 Å². The molecule has 0 aliphatic rings. The van der Waals surface area contributed by atoms with Gasteiger partial charge in [0.05, 0.1) is 15.9 Å². The molecular formula is C46H26BrNS2. The van der Waals surface area contributed by atoms with Crippen molar-refractivity contribution in [3.63, 3.8) is 0 Å². The molecule has 4 heteroatoms. The van der Waals surface area contributed by atoms with Crippen molar-refractivity contribution in [2.75, 3.05) is 0 Å². The minimum Gasteiger partial charge on any atom is -0.309 e. The first-order valence-electron chi connectivity index (χ1n) is 16.8. The summed E-state index contributed by atoms with van der Waals surface area (Å²) < 4.78 is 7.57. The number of thiophene rings is 2. The second-order valence-electron chi connectivity index (χ2n) is 13.0. The Morgan fingerprint density at radius 1 is 0.420 bits per heavy atom. The summed E-state index contributed by atoms with van der Waals surface area (Å²) in [7, 11) is 0. The third-order valence-electron chi connectivity index (χ3n) is 10.3. The molecule has 0 saturated heterocycles. The molecule has 3 heterocycles. The van der Waals surface area contributed by atoms with E-state index < -0.39 is 0 Å². The summed E-state index contributed by atoms with van der Waals surface area (Å²) in [6, 6.07) is 58.3. The summed E-state index contributed by atoms with van der Waals surface area (Å²) in [5.41, 5.74) is 7.34. The Hall–Kier alpha value is -5.26. The fraction of sp³-hybridized carbons (Fsp3) is 0. The summed E-state index contributed by atoms with van der Waals surface area (Å²) in [6.07, 6.45) is 0. The van der Waals surface area contributed by atoms with Crippen molar-refractivity contribution in [1.82, 2.24) is 4.57 Å². The molecule has 8 aromatic carbocycles. The van der Waals surface area contributed by atoms with E-state index >= 15 is 0 Å². The lowest BCUT2D eigenvalue weighted by Crippen LogP contribution is -1.94.